The van der Waals surface area contributed by atoms with Crippen molar-refractivity contribution in [1.82, 2.24) is 14.5 Å². The van der Waals surface area contributed by atoms with Gasteiger partial charge in [0.05, 0.1) is 5.69 Å². The van der Waals surface area contributed by atoms with E-state index in [1.54, 1.807) is 16.4 Å². The summed E-state index contributed by atoms with van der Waals surface area (Å²) in [5, 5.41) is 3.01. The molecule has 1 aromatic carbocycles. The summed E-state index contributed by atoms with van der Waals surface area (Å²) < 4.78 is 29.2. The number of likely N-dealkylation sites (tertiary alicyclic amines) is 1. The highest BCUT2D eigenvalue weighted by atomic mass is 32.2. The third-order valence-electron chi connectivity index (χ3n) is 7.87. The standard InChI is InChI=1S/C26H42N4O3S/c1-21-8-15-29(16-9-21)24-7-6-23(26(31)27-12-19-28-13-4-3-5-14-28)20-25(24)34(32,33)30-17-10-22(2)11-18-30/h6-7,20-22H,3-5,8-19H2,1-2H3,(H,27,31). The van der Waals surface area contributed by atoms with Crippen molar-refractivity contribution in [2.75, 3.05) is 57.3 Å². The zero-order chi connectivity index (χ0) is 24.1. The summed E-state index contributed by atoms with van der Waals surface area (Å²) >= 11 is 0. The number of hydrogen-bond acceptors (Lipinski definition) is 5. The number of rotatable bonds is 7. The third-order valence-corrected chi connectivity index (χ3v) is 9.80. The van der Waals surface area contributed by atoms with Gasteiger partial charge in [-0.25, -0.2) is 8.42 Å². The van der Waals surface area contributed by atoms with Gasteiger partial charge in [0.25, 0.3) is 5.91 Å². The summed E-state index contributed by atoms with van der Waals surface area (Å²) in [6.45, 7) is 10.8. The smallest absolute Gasteiger partial charge is 0.251 e. The first kappa shape index (κ1) is 25.5. The fourth-order valence-corrected chi connectivity index (χ4v) is 7.06. The van der Waals surface area contributed by atoms with Gasteiger partial charge in [-0.1, -0.05) is 20.3 Å². The van der Waals surface area contributed by atoms with Crippen LogP contribution in [0.4, 0.5) is 5.69 Å². The number of carbonyl (C=O) groups is 1. The fraction of sp³-hybridized carbons (Fsp3) is 0.731. The molecule has 0 atom stereocenters. The van der Waals surface area contributed by atoms with Gasteiger partial charge < -0.3 is 15.1 Å². The molecule has 1 amide bonds. The number of amides is 1. The fourth-order valence-electron chi connectivity index (χ4n) is 5.35. The SMILES string of the molecule is CC1CCN(c2ccc(C(=O)NCCN3CCCCC3)cc2S(=O)(=O)N2CCC(C)CC2)CC1. The van der Waals surface area contributed by atoms with Gasteiger partial charge in [-0.3, -0.25) is 4.79 Å². The Labute approximate surface area is 205 Å². The van der Waals surface area contributed by atoms with E-state index in [4.69, 9.17) is 0 Å². The Morgan fingerprint density at radius 1 is 0.912 bits per heavy atom. The lowest BCUT2D eigenvalue weighted by atomic mass is 9.98. The summed E-state index contributed by atoms with van der Waals surface area (Å²) in [4.78, 5) is 17.8. The van der Waals surface area contributed by atoms with Gasteiger partial charge in [-0.05, 0) is 81.6 Å². The minimum absolute atomic E-state index is 0.195. The van der Waals surface area contributed by atoms with Crippen LogP contribution in [0.1, 0.15) is 69.2 Å². The molecule has 34 heavy (non-hydrogen) atoms. The quantitative estimate of drug-likeness (QED) is 0.633. The van der Waals surface area contributed by atoms with Crippen LogP contribution < -0.4 is 10.2 Å². The average molecular weight is 491 g/mol. The number of anilines is 1. The Balaban J connectivity index is 1.53. The molecule has 3 fully saturated rings. The number of benzene rings is 1. The van der Waals surface area contributed by atoms with Crippen molar-refractivity contribution in [2.24, 2.45) is 11.8 Å². The Morgan fingerprint density at radius 2 is 1.53 bits per heavy atom. The molecule has 1 aromatic rings. The molecule has 3 aliphatic heterocycles. The van der Waals surface area contributed by atoms with E-state index in [0.29, 0.717) is 41.9 Å². The minimum atomic E-state index is -3.67. The third kappa shape index (κ3) is 6.13. The highest BCUT2D eigenvalue weighted by molar-refractivity contribution is 7.89. The highest BCUT2D eigenvalue weighted by Crippen LogP contribution is 2.33. The minimum Gasteiger partial charge on any atom is -0.370 e. The lowest BCUT2D eigenvalue weighted by Crippen LogP contribution is -2.40. The second kappa shape index (κ2) is 11.4. The Kier molecular flexibility index (Phi) is 8.53. The van der Waals surface area contributed by atoms with Crippen LogP contribution in [0.15, 0.2) is 23.1 Å². The first-order chi connectivity index (χ1) is 16.3. The van der Waals surface area contributed by atoms with Crippen molar-refractivity contribution in [3.05, 3.63) is 23.8 Å². The van der Waals surface area contributed by atoms with Crippen LogP contribution in [0.25, 0.3) is 0 Å². The van der Waals surface area contributed by atoms with Crippen molar-refractivity contribution in [3.63, 3.8) is 0 Å². The summed E-state index contributed by atoms with van der Waals surface area (Å²) in [7, 11) is -3.67. The van der Waals surface area contributed by atoms with E-state index in [1.165, 1.54) is 19.3 Å². The predicted octanol–water partition coefficient (Wildman–Crippen LogP) is 3.56. The van der Waals surface area contributed by atoms with Crippen molar-refractivity contribution in [2.45, 2.75) is 63.7 Å². The molecule has 1 N–H and O–H groups in total. The normalized spacial score (nSPS) is 22.1. The zero-order valence-corrected chi connectivity index (χ0v) is 21.8. The molecule has 3 aliphatic rings. The summed E-state index contributed by atoms with van der Waals surface area (Å²) in [6.07, 6.45) is 7.61. The molecule has 0 radical (unpaired) electrons. The van der Waals surface area contributed by atoms with Gasteiger partial charge >= 0.3 is 0 Å². The Hall–Kier alpha value is -1.64. The van der Waals surface area contributed by atoms with Gasteiger partial charge in [0, 0.05) is 44.8 Å². The Bertz CT molecular complexity index is 929. The monoisotopic (exact) mass is 490 g/mol. The van der Waals surface area contributed by atoms with Crippen LogP contribution >= 0.6 is 0 Å². The van der Waals surface area contributed by atoms with Crippen LogP contribution in [0.3, 0.4) is 0 Å². The maximum atomic E-state index is 13.8. The largest absolute Gasteiger partial charge is 0.370 e. The molecule has 0 aliphatic carbocycles. The molecule has 3 saturated heterocycles. The number of piperidine rings is 3. The number of nitrogens with zero attached hydrogens (tertiary/aromatic N) is 3. The van der Waals surface area contributed by atoms with Gasteiger partial charge in [0.2, 0.25) is 10.0 Å². The molecule has 7 nitrogen and oxygen atoms in total. The van der Waals surface area contributed by atoms with E-state index in [0.717, 1.165) is 64.1 Å². The summed E-state index contributed by atoms with van der Waals surface area (Å²) in [5.41, 5.74) is 1.17. The van der Waals surface area contributed by atoms with Gasteiger partial charge in [-0.2, -0.15) is 4.31 Å². The van der Waals surface area contributed by atoms with E-state index >= 15 is 0 Å². The maximum absolute atomic E-state index is 13.8. The highest BCUT2D eigenvalue weighted by Gasteiger charge is 2.32. The van der Waals surface area contributed by atoms with E-state index in [1.807, 2.05) is 6.07 Å². The second-order valence-electron chi connectivity index (χ2n) is 10.6. The molecule has 4 rings (SSSR count). The molecule has 0 saturated carbocycles. The molecular formula is C26H42N4O3S. The van der Waals surface area contributed by atoms with Gasteiger partial charge in [0.15, 0.2) is 0 Å². The predicted molar refractivity (Wildman–Crippen MR) is 137 cm³/mol. The lowest BCUT2D eigenvalue weighted by molar-refractivity contribution is 0.0946. The van der Waals surface area contributed by atoms with Crippen LogP contribution in [-0.2, 0) is 10.0 Å². The van der Waals surface area contributed by atoms with E-state index < -0.39 is 10.0 Å². The van der Waals surface area contributed by atoms with Crippen LogP contribution in [0.5, 0.6) is 0 Å². The maximum Gasteiger partial charge on any atom is 0.251 e. The Morgan fingerprint density at radius 3 is 2.18 bits per heavy atom. The molecule has 0 bridgehead atoms. The van der Waals surface area contributed by atoms with Crippen LogP contribution in [-0.4, -0.2) is 75.9 Å². The number of nitrogens with one attached hydrogen (secondary N) is 1. The second-order valence-corrected chi connectivity index (χ2v) is 12.5. The first-order valence-electron chi connectivity index (χ1n) is 13.2. The van der Waals surface area contributed by atoms with Crippen molar-refractivity contribution in [1.29, 1.82) is 0 Å². The summed E-state index contributed by atoms with van der Waals surface area (Å²) in [5.74, 6) is 1.01. The molecule has 3 heterocycles. The topological polar surface area (TPSA) is 73.0 Å². The van der Waals surface area contributed by atoms with E-state index in [-0.39, 0.29) is 5.91 Å². The number of sulfonamides is 1. The zero-order valence-electron chi connectivity index (χ0n) is 21.0. The molecule has 0 unspecified atom stereocenters. The van der Waals surface area contributed by atoms with Crippen molar-refractivity contribution < 1.29 is 13.2 Å². The average Bonchev–Trinajstić information content (AvgIpc) is 2.85. The van der Waals surface area contributed by atoms with Gasteiger partial charge in [0.1, 0.15) is 4.90 Å². The lowest BCUT2D eigenvalue weighted by Gasteiger charge is -2.35. The van der Waals surface area contributed by atoms with Crippen molar-refractivity contribution >= 4 is 21.6 Å². The molecule has 0 aromatic heterocycles. The van der Waals surface area contributed by atoms with Crippen LogP contribution in [0, 0.1) is 11.8 Å². The van der Waals surface area contributed by atoms with Crippen molar-refractivity contribution in [3.8, 4) is 0 Å². The molecular weight excluding hydrogens is 448 g/mol. The van der Waals surface area contributed by atoms with E-state index in [2.05, 4.69) is 29.0 Å². The molecule has 8 heteroatoms. The van der Waals surface area contributed by atoms with E-state index in [9.17, 15) is 13.2 Å². The number of hydrogen-bond donors (Lipinski definition) is 1. The number of carbonyl (C=O) groups excluding carboxylic acids is 1. The first-order valence-corrected chi connectivity index (χ1v) is 14.7. The van der Waals surface area contributed by atoms with Crippen LogP contribution in [0.2, 0.25) is 0 Å². The van der Waals surface area contributed by atoms with Gasteiger partial charge in [-0.15, -0.1) is 0 Å². The molecule has 0 spiro atoms. The summed E-state index contributed by atoms with van der Waals surface area (Å²) in [6, 6.07) is 5.27. The molecule has 190 valence electrons.